The van der Waals surface area contributed by atoms with Gasteiger partial charge in [0.2, 0.25) is 0 Å². The minimum atomic E-state index is -0.540. The van der Waals surface area contributed by atoms with Crippen LogP contribution in [-0.4, -0.2) is 24.5 Å². The summed E-state index contributed by atoms with van der Waals surface area (Å²) in [6.07, 6.45) is 0.314. The Balaban J connectivity index is 1.83. The summed E-state index contributed by atoms with van der Waals surface area (Å²) in [5, 5.41) is 3.41. The van der Waals surface area contributed by atoms with Crippen molar-refractivity contribution in [3.63, 3.8) is 0 Å². The number of anilines is 2. The number of nitrogens with zero attached hydrogens (tertiary/aromatic N) is 1. The Hall–Kier alpha value is -2.53. The molecule has 1 unspecified atom stereocenters. The third kappa shape index (κ3) is 3.61. The molecule has 2 aromatic carbocycles. The van der Waals surface area contributed by atoms with Gasteiger partial charge in [0.25, 0.3) is 11.8 Å². The summed E-state index contributed by atoms with van der Waals surface area (Å²) < 4.78 is 5.70. The maximum Gasteiger partial charge on any atom is 0.267 e. The molecule has 2 aromatic rings. The van der Waals surface area contributed by atoms with Gasteiger partial charge >= 0.3 is 0 Å². The Labute approximate surface area is 151 Å². The largest absolute Gasteiger partial charge is 0.479 e. The van der Waals surface area contributed by atoms with Gasteiger partial charge in [0.05, 0.1) is 5.69 Å². The highest BCUT2D eigenvalue weighted by atomic mass is 35.5. The third-order valence-corrected chi connectivity index (χ3v) is 4.23. The van der Waals surface area contributed by atoms with Gasteiger partial charge in [-0.2, -0.15) is 0 Å². The molecule has 0 aromatic heterocycles. The van der Waals surface area contributed by atoms with Gasteiger partial charge in [0.1, 0.15) is 5.75 Å². The van der Waals surface area contributed by atoms with Gasteiger partial charge in [-0.25, -0.2) is 0 Å². The molecule has 5 nitrogen and oxygen atoms in total. The summed E-state index contributed by atoms with van der Waals surface area (Å²) in [6, 6.07) is 12.0. The fourth-order valence-corrected chi connectivity index (χ4v) is 2.87. The van der Waals surface area contributed by atoms with Gasteiger partial charge in [-0.05, 0) is 49.7 Å². The smallest absolute Gasteiger partial charge is 0.267 e. The number of fused-ring (bicyclic) bond motifs is 1. The standard InChI is InChI=1S/C19H19ClN2O3/c1-3-10-22-16-9-8-15(11-17(16)25-12(2)19(22)24)21-18(23)13-4-6-14(20)7-5-13/h4-9,11-12H,3,10H2,1-2H3,(H,21,23). The van der Waals surface area contributed by atoms with Crippen LogP contribution in [0.3, 0.4) is 0 Å². The summed E-state index contributed by atoms with van der Waals surface area (Å²) in [5.41, 5.74) is 1.85. The molecule has 0 saturated heterocycles. The fourth-order valence-electron chi connectivity index (χ4n) is 2.75. The molecular formula is C19H19ClN2O3. The number of benzene rings is 2. The minimum absolute atomic E-state index is 0.0488. The first-order chi connectivity index (χ1) is 12.0. The van der Waals surface area contributed by atoms with Crippen LogP contribution in [0.15, 0.2) is 42.5 Å². The Morgan fingerprint density at radius 3 is 2.64 bits per heavy atom. The number of halogens is 1. The Bertz CT molecular complexity index is 805. The highest BCUT2D eigenvalue weighted by Gasteiger charge is 2.31. The van der Waals surface area contributed by atoms with Crippen LogP contribution < -0.4 is 15.0 Å². The molecule has 1 N–H and O–H groups in total. The van der Waals surface area contributed by atoms with Gasteiger partial charge in [0.15, 0.2) is 6.10 Å². The molecule has 6 heteroatoms. The second kappa shape index (κ2) is 7.15. The van der Waals surface area contributed by atoms with Crippen molar-refractivity contribution in [1.82, 2.24) is 0 Å². The van der Waals surface area contributed by atoms with E-state index in [-0.39, 0.29) is 11.8 Å². The molecule has 3 rings (SSSR count). The molecular weight excluding hydrogens is 340 g/mol. The molecule has 1 aliphatic heterocycles. The Kier molecular flexibility index (Phi) is 4.95. The van der Waals surface area contributed by atoms with Crippen LogP contribution in [0.4, 0.5) is 11.4 Å². The monoisotopic (exact) mass is 358 g/mol. The van der Waals surface area contributed by atoms with E-state index in [0.29, 0.717) is 28.6 Å². The summed E-state index contributed by atoms with van der Waals surface area (Å²) in [7, 11) is 0. The molecule has 0 radical (unpaired) electrons. The normalized spacial score (nSPS) is 16.2. The fraction of sp³-hybridized carbons (Fsp3) is 0.263. The summed E-state index contributed by atoms with van der Waals surface area (Å²) in [5.74, 6) is 0.309. The number of rotatable bonds is 4. The number of ether oxygens (including phenoxy) is 1. The molecule has 0 fully saturated rings. The van der Waals surface area contributed by atoms with Crippen LogP contribution in [0, 0.1) is 0 Å². The van der Waals surface area contributed by atoms with E-state index in [1.807, 2.05) is 6.92 Å². The number of nitrogens with one attached hydrogen (secondary N) is 1. The van der Waals surface area contributed by atoms with Crippen LogP contribution in [0.25, 0.3) is 0 Å². The lowest BCUT2D eigenvalue weighted by molar-refractivity contribution is -0.125. The van der Waals surface area contributed by atoms with E-state index in [2.05, 4.69) is 5.32 Å². The average molecular weight is 359 g/mol. The summed E-state index contributed by atoms with van der Waals surface area (Å²) in [4.78, 5) is 26.3. The van der Waals surface area contributed by atoms with Crippen molar-refractivity contribution in [2.75, 3.05) is 16.8 Å². The molecule has 1 aliphatic rings. The van der Waals surface area contributed by atoms with Crippen molar-refractivity contribution in [2.45, 2.75) is 26.4 Å². The predicted molar refractivity (Wildman–Crippen MR) is 98.6 cm³/mol. The molecule has 25 heavy (non-hydrogen) atoms. The van der Waals surface area contributed by atoms with Gasteiger partial charge in [-0.15, -0.1) is 0 Å². The lowest BCUT2D eigenvalue weighted by atomic mass is 10.1. The van der Waals surface area contributed by atoms with Crippen LogP contribution in [0.2, 0.25) is 5.02 Å². The zero-order valence-corrected chi connectivity index (χ0v) is 14.8. The van der Waals surface area contributed by atoms with Crippen LogP contribution in [0.1, 0.15) is 30.6 Å². The van der Waals surface area contributed by atoms with Gasteiger partial charge in [-0.3, -0.25) is 9.59 Å². The van der Waals surface area contributed by atoms with Crippen LogP contribution >= 0.6 is 11.6 Å². The molecule has 0 saturated carbocycles. The number of carbonyl (C=O) groups excluding carboxylic acids is 2. The molecule has 0 aliphatic carbocycles. The SMILES string of the molecule is CCCN1C(=O)C(C)Oc2cc(NC(=O)c3ccc(Cl)cc3)ccc21. The van der Waals surface area contributed by atoms with E-state index < -0.39 is 6.10 Å². The first kappa shape index (κ1) is 17.3. The van der Waals surface area contributed by atoms with Gasteiger partial charge in [-0.1, -0.05) is 18.5 Å². The van der Waals surface area contributed by atoms with E-state index in [4.69, 9.17) is 16.3 Å². The summed E-state index contributed by atoms with van der Waals surface area (Å²) >= 11 is 5.84. The van der Waals surface area contributed by atoms with Crippen LogP contribution in [0.5, 0.6) is 5.75 Å². The second-order valence-electron chi connectivity index (χ2n) is 5.89. The zero-order valence-electron chi connectivity index (χ0n) is 14.1. The van der Waals surface area contributed by atoms with Crippen molar-refractivity contribution in [1.29, 1.82) is 0 Å². The Morgan fingerprint density at radius 2 is 1.96 bits per heavy atom. The van der Waals surface area contributed by atoms with Gasteiger partial charge in [0, 0.05) is 28.9 Å². The molecule has 1 heterocycles. The van der Waals surface area contributed by atoms with Crippen molar-refractivity contribution in [3.05, 3.63) is 53.1 Å². The predicted octanol–water partition coefficient (Wildman–Crippen LogP) is 4.12. The highest BCUT2D eigenvalue weighted by molar-refractivity contribution is 6.30. The first-order valence-corrected chi connectivity index (χ1v) is 8.56. The van der Waals surface area contributed by atoms with Crippen LogP contribution in [-0.2, 0) is 4.79 Å². The average Bonchev–Trinajstić information content (AvgIpc) is 2.59. The quantitative estimate of drug-likeness (QED) is 0.894. The van der Waals surface area contributed by atoms with E-state index >= 15 is 0 Å². The zero-order chi connectivity index (χ0) is 18.0. The maximum absolute atomic E-state index is 12.3. The molecule has 0 spiro atoms. The number of hydrogen-bond donors (Lipinski definition) is 1. The van der Waals surface area contributed by atoms with Crippen molar-refractivity contribution >= 4 is 34.8 Å². The van der Waals surface area contributed by atoms with Crippen molar-refractivity contribution in [2.24, 2.45) is 0 Å². The lowest BCUT2D eigenvalue weighted by Crippen LogP contribution is -2.44. The third-order valence-electron chi connectivity index (χ3n) is 3.98. The second-order valence-corrected chi connectivity index (χ2v) is 6.33. The van der Waals surface area contributed by atoms with Crippen molar-refractivity contribution in [3.8, 4) is 5.75 Å². The summed E-state index contributed by atoms with van der Waals surface area (Å²) in [6.45, 7) is 4.39. The number of carbonyl (C=O) groups is 2. The van der Waals surface area contributed by atoms with E-state index in [1.165, 1.54) is 0 Å². The van der Waals surface area contributed by atoms with Crippen molar-refractivity contribution < 1.29 is 14.3 Å². The molecule has 2 amide bonds. The van der Waals surface area contributed by atoms with E-state index in [9.17, 15) is 9.59 Å². The molecule has 1 atom stereocenters. The minimum Gasteiger partial charge on any atom is -0.479 e. The molecule has 130 valence electrons. The maximum atomic E-state index is 12.3. The topological polar surface area (TPSA) is 58.6 Å². The Morgan fingerprint density at radius 1 is 1.24 bits per heavy atom. The number of amides is 2. The number of hydrogen-bond acceptors (Lipinski definition) is 3. The van der Waals surface area contributed by atoms with Gasteiger partial charge < -0.3 is 15.0 Å². The molecule has 0 bridgehead atoms. The first-order valence-electron chi connectivity index (χ1n) is 8.18. The highest BCUT2D eigenvalue weighted by Crippen LogP contribution is 2.36. The van der Waals surface area contributed by atoms with E-state index in [1.54, 1.807) is 54.3 Å². The lowest BCUT2D eigenvalue weighted by Gasteiger charge is -2.33. The van der Waals surface area contributed by atoms with E-state index in [0.717, 1.165) is 12.1 Å².